The molecule has 0 aromatic heterocycles. The van der Waals surface area contributed by atoms with E-state index in [1.165, 1.54) is 4.90 Å². The maximum Gasteiger partial charge on any atom is 0.265 e. The molecule has 1 aliphatic rings. The smallest absolute Gasteiger partial charge is 0.265 e. The fourth-order valence-electron chi connectivity index (χ4n) is 2.70. The van der Waals surface area contributed by atoms with Crippen molar-refractivity contribution in [2.45, 2.75) is 19.4 Å². The summed E-state index contributed by atoms with van der Waals surface area (Å²) in [6.45, 7) is 1.78. The van der Waals surface area contributed by atoms with Crippen LogP contribution in [-0.2, 0) is 9.59 Å². The van der Waals surface area contributed by atoms with E-state index in [2.05, 4.69) is 5.32 Å². The molecule has 1 N–H and O–H groups in total. The van der Waals surface area contributed by atoms with Crippen molar-refractivity contribution in [3.8, 4) is 5.75 Å². The Kier molecular flexibility index (Phi) is 4.28. The lowest BCUT2D eigenvalue weighted by Crippen LogP contribution is -2.52. The van der Waals surface area contributed by atoms with Crippen LogP contribution in [0, 0.1) is 0 Å². The van der Waals surface area contributed by atoms with Crippen LogP contribution in [0.15, 0.2) is 54.6 Å². The zero-order valence-electron chi connectivity index (χ0n) is 12.9. The number of carbonyl (C=O) groups excluding carboxylic acids is 2. The van der Waals surface area contributed by atoms with Crippen molar-refractivity contribution in [1.82, 2.24) is 0 Å². The van der Waals surface area contributed by atoms with Gasteiger partial charge in [0, 0.05) is 0 Å². The molecule has 5 heteroatoms. The quantitative estimate of drug-likeness (QED) is 0.944. The van der Waals surface area contributed by atoms with Gasteiger partial charge in [-0.2, -0.15) is 0 Å². The molecule has 5 nitrogen and oxygen atoms in total. The van der Waals surface area contributed by atoms with Crippen molar-refractivity contribution in [2.75, 3.05) is 16.8 Å². The zero-order chi connectivity index (χ0) is 16.2. The number of nitrogens with one attached hydrogen (secondary N) is 1. The van der Waals surface area contributed by atoms with E-state index in [9.17, 15) is 9.59 Å². The second-order valence-corrected chi connectivity index (χ2v) is 5.30. The van der Waals surface area contributed by atoms with Gasteiger partial charge in [0.2, 0.25) is 5.91 Å². The molecule has 2 aromatic rings. The van der Waals surface area contributed by atoms with Gasteiger partial charge >= 0.3 is 0 Å². The molecule has 1 atom stereocenters. The Morgan fingerprint density at radius 1 is 1.13 bits per heavy atom. The number of carbonyl (C=O) groups is 2. The molecule has 2 amide bonds. The van der Waals surface area contributed by atoms with Crippen molar-refractivity contribution in [3.63, 3.8) is 0 Å². The Bertz CT molecular complexity index is 715. The number of rotatable bonds is 4. The summed E-state index contributed by atoms with van der Waals surface area (Å²) in [4.78, 5) is 26.4. The molecule has 0 aliphatic carbocycles. The number of ether oxygens (including phenoxy) is 1. The third kappa shape index (κ3) is 3.04. The minimum absolute atomic E-state index is 0.109. The van der Waals surface area contributed by atoms with Crippen LogP contribution in [0.4, 0.5) is 11.4 Å². The third-order valence-corrected chi connectivity index (χ3v) is 3.80. The summed E-state index contributed by atoms with van der Waals surface area (Å²) in [5.41, 5.74) is 1.36. The van der Waals surface area contributed by atoms with E-state index in [1.807, 2.05) is 43.3 Å². The molecule has 0 radical (unpaired) electrons. The van der Waals surface area contributed by atoms with Crippen LogP contribution in [-0.4, -0.2) is 24.5 Å². The Morgan fingerprint density at radius 3 is 2.57 bits per heavy atom. The van der Waals surface area contributed by atoms with Gasteiger partial charge in [0.15, 0.2) is 6.61 Å². The Hall–Kier alpha value is -2.82. The van der Waals surface area contributed by atoms with E-state index in [0.717, 1.165) is 0 Å². The van der Waals surface area contributed by atoms with E-state index in [0.29, 0.717) is 23.5 Å². The molecule has 118 valence electrons. The lowest BCUT2D eigenvalue weighted by atomic mass is 10.1. The van der Waals surface area contributed by atoms with Crippen LogP contribution in [0.3, 0.4) is 0 Å². The first-order valence-corrected chi connectivity index (χ1v) is 7.60. The van der Waals surface area contributed by atoms with Crippen LogP contribution >= 0.6 is 0 Å². The molecule has 1 heterocycles. The monoisotopic (exact) mass is 310 g/mol. The molecule has 1 aliphatic heterocycles. The number of nitrogens with zero attached hydrogens (tertiary/aromatic N) is 1. The number of para-hydroxylation sites is 3. The molecule has 0 fully saturated rings. The second kappa shape index (κ2) is 6.52. The predicted molar refractivity (Wildman–Crippen MR) is 88.6 cm³/mol. The summed E-state index contributed by atoms with van der Waals surface area (Å²) in [6.07, 6.45) is 0.539. The molecular formula is C18H18N2O3. The number of amides is 2. The normalized spacial score (nSPS) is 16.5. The topological polar surface area (TPSA) is 58.6 Å². The van der Waals surface area contributed by atoms with Crippen molar-refractivity contribution >= 4 is 23.2 Å². The summed E-state index contributed by atoms with van der Waals surface area (Å²) in [6, 6.07) is 15.9. The average molecular weight is 310 g/mol. The maximum absolute atomic E-state index is 12.7. The van der Waals surface area contributed by atoms with Crippen LogP contribution < -0.4 is 15.0 Å². The molecule has 3 rings (SSSR count). The van der Waals surface area contributed by atoms with E-state index in [-0.39, 0.29) is 18.4 Å². The highest BCUT2D eigenvalue weighted by Crippen LogP contribution is 2.32. The summed E-state index contributed by atoms with van der Waals surface area (Å²) < 4.78 is 5.54. The van der Waals surface area contributed by atoms with Crippen LogP contribution in [0.1, 0.15) is 13.3 Å². The molecule has 0 saturated carbocycles. The van der Waals surface area contributed by atoms with Gasteiger partial charge in [-0.3, -0.25) is 14.5 Å². The lowest BCUT2D eigenvalue weighted by molar-refractivity contribution is -0.125. The van der Waals surface area contributed by atoms with Gasteiger partial charge in [-0.05, 0) is 30.7 Å². The third-order valence-electron chi connectivity index (χ3n) is 3.80. The fourth-order valence-corrected chi connectivity index (χ4v) is 2.70. The first-order chi connectivity index (χ1) is 11.2. The zero-order valence-corrected chi connectivity index (χ0v) is 12.9. The van der Waals surface area contributed by atoms with Crippen LogP contribution in [0.2, 0.25) is 0 Å². The summed E-state index contributed by atoms with van der Waals surface area (Å²) >= 11 is 0. The minimum Gasteiger partial charge on any atom is -0.484 e. The molecular weight excluding hydrogens is 292 g/mol. The minimum atomic E-state index is -0.517. The lowest BCUT2D eigenvalue weighted by Gasteiger charge is -2.35. The number of hydrogen-bond acceptors (Lipinski definition) is 3. The van der Waals surface area contributed by atoms with Gasteiger partial charge in [0.25, 0.3) is 5.91 Å². The van der Waals surface area contributed by atoms with E-state index in [1.54, 1.807) is 18.2 Å². The van der Waals surface area contributed by atoms with Crippen molar-refractivity contribution in [2.24, 2.45) is 0 Å². The van der Waals surface area contributed by atoms with Gasteiger partial charge in [-0.25, -0.2) is 0 Å². The Labute approximate surface area is 134 Å². The van der Waals surface area contributed by atoms with Crippen molar-refractivity contribution < 1.29 is 14.3 Å². The van der Waals surface area contributed by atoms with Crippen LogP contribution in [0.5, 0.6) is 5.75 Å². The number of hydrogen-bond donors (Lipinski definition) is 1. The van der Waals surface area contributed by atoms with E-state index in [4.69, 9.17) is 4.74 Å². The molecule has 2 aromatic carbocycles. The standard InChI is InChI=1S/C18H18N2O3/c1-2-15-18(22)19-14-10-6-7-11-16(14)20(15)17(21)12-23-13-8-4-3-5-9-13/h3-11,15H,2,12H2,1H3,(H,19,22)/t15-/m0/s1. The fraction of sp³-hybridized carbons (Fsp3) is 0.222. The van der Waals surface area contributed by atoms with E-state index < -0.39 is 6.04 Å². The number of fused-ring (bicyclic) bond motifs is 1. The largest absolute Gasteiger partial charge is 0.484 e. The Morgan fingerprint density at radius 2 is 1.83 bits per heavy atom. The highest BCUT2D eigenvalue weighted by Gasteiger charge is 2.35. The van der Waals surface area contributed by atoms with E-state index >= 15 is 0 Å². The molecule has 0 spiro atoms. The summed E-state index contributed by atoms with van der Waals surface area (Å²) in [5, 5.41) is 2.85. The van der Waals surface area contributed by atoms with Gasteiger partial charge in [-0.1, -0.05) is 37.3 Å². The number of benzene rings is 2. The average Bonchev–Trinajstić information content (AvgIpc) is 2.59. The summed E-state index contributed by atoms with van der Waals surface area (Å²) in [5.74, 6) is 0.228. The molecule has 0 saturated heterocycles. The van der Waals surface area contributed by atoms with Crippen molar-refractivity contribution in [3.05, 3.63) is 54.6 Å². The molecule has 23 heavy (non-hydrogen) atoms. The molecule has 0 unspecified atom stereocenters. The highest BCUT2D eigenvalue weighted by atomic mass is 16.5. The van der Waals surface area contributed by atoms with Crippen molar-refractivity contribution in [1.29, 1.82) is 0 Å². The maximum atomic E-state index is 12.7. The Balaban J connectivity index is 1.83. The van der Waals surface area contributed by atoms with Gasteiger partial charge in [0.1, 0.15) is 11.8 Å². The second-order valence-electron chi connectivity index (χ2n) is 5.30. The summed E-state index contributed by atoms with van der Waals surface area (Å²) in [7, 11) is 0. The number of anilines is 2. The molecule has 0 bridgehead atoms. The first kappa shape index (κ1) is 15.1. The predicted octanol–water partition coefficient (Wildman–Crippen LogP) is 2.83. The first-order valence-electron chi connectivity index (χ1n) is 7.60. The SMILES string of the molecule is CC[C@H]1C(=O)Nc2ccccc2N1C(=O)COc1ccccc1. The highest BCUT2D eigenvalue weighted by molar-refractivity contribution is 6.12. The van der Waals surface area contributed by atoms with Gasteiger partial charge in [0.05, 0.1) is 11.4 Å². The van der Waals surface area contributed by atoms with Gasteiger partial charge < -0.3 is 10.1 Å². The van der Waals surface area contributed by atoms with Gasteiger partial charge in [-0.15, -0.1) is 0 Å². The van der Waals surface area contributed by atoms with Crippen LogP contribution in [0.25, 0.3) is 0 Å².